The van der Waals surface area contributed by atoms with Crippen molar-refractivity contribution in [3.8, 4) is 0 Å². The molecule has 9 heteroatoms. The molecule has 1 aliphatic rings. The first-order valence-corrected chi connectivity index (χ1v) is 7.93. The molecule has 2 aromatic rings. The smallest absolute Gasteiger partial charge is 0.315 e. The average Bonchev–Trinajstić information content (AvgIpc) is 2.90. The molecule has 3 rings (SSSR count). The Morgan fingerprint density at radius 1 is 1.19 bits per heavy atom. The molecule has 0 saturated carbocycles. The number of sulfonamides is 1. The number of aromatic amines is 2. The topological polar surface area (TPSA) is 124 Å². The van der Waals surface area contributed by atoms with E-state index in [0.717, 1.165) is 13.0 Å². The van der Waals surface area contributed by atoms with E-state index in [4.69, 9.17) is 0 Å². The summed E-state index contributed by atoms with van der Waals surface area (Å²) in [5.74, 6) is 0. The fourth-order valence-corrected chi connectivity index (χ4v) is 3.65. The number of nitrogens with one attached hydrogen (secondary N) is 4. The molecular weight excluding hydrogens is 296 g/mol. The minimum atomic E-state index is -3.70. The fraction of sp³-hybridized carbons (Fsp3) is 0.333. The lowest BCUT2D eigenvalue weighted by molar-refractivity contribution is 0.560. The molecule has 0 radical (unpaired) electrons. The monoisotopic (exact) mass is 310 g/mol. The number of hydrogen-bond acceptors (Lipinski definition) is 5. The molecule has 2 heterocycles. The van der Waals surface area contributed by atoms with Crippen LogP contribution in [0, 0.1) is 0 Å². The predicted molar refractivity (Wildman–Crippen MR) is 76.8 cm³/mol. The molecule has 1 atom stereocenters. The van der Waals surface area contributed by atoms with E-state index in [1.807, 2.05) is 0 Å². The van der Waals surface area contributed by atoms with Gasteiger partial charge in [0.15, 0.2) is 0 Å². The van der Waals surface area contributed by atoms with Gasteiger partial charge in [-0.1, -0.05) is 0 Å². The van der Waals surface area contributed by atoms with Crippen molar-refractivity contribution < 1.29 is 8.42 Å². The van der Waals surface area contributed by atoms with E-state index in [1.54, 1.807) is 0 Å². The molecular formula is C12H14N4O4S. The van der Waals surface area contributed by atoms with Crippen LogP contribution in [0.4, 0.5) is 0 Å². The Bertz CT molecular complexity index is 893. The summed E-state index contributed by atoms with van der Waals surface area (Å²) >= 11 is 0. The summed E-state index contributed by atoms with van der Waals surface area (Å²) in [5.41, 5.74) is -0.947. The molecule has 0 spiro atoms. The number of H-pyrrole nitrogens is 2. The van der Waals surface area contributed by atoms with E-state index in [9.17, 15) is 18.0 Å². The molecule has 1 aromatic carbocycles. The number of aromatic nitrogens is 2. The molecule has 1 fully saturated rings. The first-order chi connectivity index (χ1) is 9.95. The lowest BCUT2D eigenvalue weighted by atomic mass is 10.2. The van der Waals surface area contributed by atoms with Gasteiger partial charge in [-0.3, -0.25) is 9.78 Å². The van der Waals surface area contributed by atoms with Gasteiger partial charge in [0.2, 0.25) is 10.0 Å². The van der Waals surface area contributed by atoms with Crippen molar-refractivity contribution in [2.24, 2.45) is 0 Å². The molecule has 1 aliphatic heterocycles. The highest BCUT2D eigenvalue weighted by atomic mass is 32.2. The van der Waals surface area contributed by atoms with Gasteiger partial charge in [-0.2, -0.15) is 0 Å². The molecule has 1 unspecified atom stereocenters. The van der Waals surface area contributed by atoms with Gasteiger partial charge < -0.3 is 10.3 Å². The van der Waals surface area contributed by atoms with Gasteiger partial charge in [-0.25, -0.2) is 17.9 Å². The zero-order valence-electron chi connectivity index (χ0n) is 11.0. The van der Waals surface area contributed by atoms with Crippen molar-refractivity contribution in [3.05, 3.63) is 39.0 Å². The maximum absolute atomic E-state index is 12.3. The maximum atomic E-state index is 12.3. The van der Waals surface area contributed by atoms with Crippen molar-refractivity contribution in [1.82, 2.24) is 20.0 Å². The highest BCUT2D eigenvalue weighted by molar-refractivity contribution is 7.89. The van der Waals surface area contributed by atoms with Crippen molar-refractivity contribution in [2.75, 3.05) is 13.1 Å². The summed E-state index contributed by atoms with van der Waals surface area (Å²) in [6, 6.07) is 3.88. The molecule has 0 amide bonds. The van der Waals surface area contributed by atoms with Crippen LogP contribution in [-0.2, 0) is 10.0 Å². The van der Waals surface area contributed by atoms with E-state index in [0.29, 0.717) is 12.1 Å². The largest absolute Gasteiger partial charge is 0.326 e. The second-order valence-corrected chi connectivity index (χ2v) is 6.64. The van der Waals surface area contributed by atoms with Crippen LogP contribution in [0.5, 0.6) is 0 Å². The summed E-state index contributed by atoms with van der Waals surface area (Å²) in [7, 11) is -3.70. The molecule has 0 aliphatic carbocycles. The fourth-order valence-electron chi connectivity index (χ4n) is 2.35. The zero-order valence-corrected chi connectivity index (χ0v) is 11.8. The third-order valence-electron chi connectivity index (χ3n) is 3.40. The molecule has 8 nitrogen and oxygen atoms in total. The first-order valence-electron chi connectivity index (χ1n) is 6.45. The maximum Gasteiger partial charge on any atom is 0.326 e. The summed E-state index contributed by atoms with van der Waals surface area (Å²) in [4.78, 5) is 27.4. The quantitative estimate of drug-likeness (QED) is 0.570. The van der Waals surface area contributed by atoms with E-state index >= 15 is 0 Å². The Morgan fingerprint density at radius 2 is 2.00 bits per heavy atom. The minimum Gasteiger partial charge on any atom is -0.315 e. The van der Waals surface area contributed by atoms with Gasteiger partial charge in [0.05, 0.1) is 15.8 Å². The van der Waals surface area contributed by atoms with Crippen molar-refractivity contribution >= 4 is 20.9 Å². The van der Waals surface area contributed by atoms with Crippen molar-refractivity contribution in [3.63, 3.8) is 0 Å². The summed E-state index contributed by atoms with van der Waals surface area (Å²) in [5, 5.41) is 3.20. The minimum absolute atomic E-state index is 0.000510. The molecule has 4 N–H and O–H groups in total. The first kappa shape index (κ1) is 14.0. The predicted octanol–water partition coefficient (Wildman–Crippen LogP) is -1.14. The Kier molecular flexibility index (Phi) is 3.40. The molecule has 21 heavy (non-hydrogen) atoms. The highest BCUT2D eigenvalue weighted by Gasteiger charge is 2.23. The SMILES string of the molecule is O=c1[nH]c(=O)c2cc(S(=O)(=O)NC3CCNC3)ccc2[nH]1. The van der Waals surface area contributed by atoms with Crippen LogP contribution in [0.25, 0.3) is 10.9 Å². The highest BCUT2D eigenvalue weighted by Crippen LogP contribution is 2.15. The summed E-state index contributed by atoms with van der Waals surface area (Å²) in [6.45, 7) is 1.35. The van der Waals surface area contributed by atoms with Crippen molar-refractivity contribution in [1.29, 1.82) is 0 Å². The van der Waals surface area contributed by atoms with E-state index in [1.165, 1.54) is 18.2 Å². The van der Waals surface area contributed by atoms with Crippen LogP contribution < -0.4 is 21.3 Å². The molecule has 112 valence electrons. The summed E-state index contributed by atoms with van der Waals surface area (Å²) in [6.07, 6.45) is 0.723. The third kappa shape index (κ3) is 2.75. The van der Waals surface area contributed by atoms with E-state index in [2.05, 4.69) is 20.0 Å². The van der Waals surface area contributed by atoms with Gasteiger partial charge in [-0.15, -0.1) is 0 Å². The normalized spacial score (nSPS) is 19.1. The molecule has 1 aromatic heterocycles. The zero-order chi connectivity index (χ0) is 15.0. The van der Waals surface area contributed by atoms with Crippen LogP contribution >= 0.6 is 0 Å². The lowest BCUT2D eigenvalue weighted by Gasteiger charge is -2.12. The van der Waals surface area contributed by atoms with Gasteiger partial charge in [0.25, 0.3) is 5.56 Å². The Labute approximate surface area is 119 Å². The van der Waals surface area contributed by atoms with Gasteiger partial charge in [0, 0.05) is 12.6 Å². The second-order valence-electron chi connectivity index (χ2n) is 4.93. The molecule has 0 bridgehead atoms. The van der Waals surface area contributed by atoms with Crippen molar-refractivity contribution in [2.45, 2.75) is 17.4 Å². The number of benzene rings is 1. The van der Waals surface area contributed by atoms with E-state index in [-0.39, 0.29) is 16.3 Å². The second kappa shape index (κ2) is 5.10. The van der Waals surface area contributed by atoms with Gasteiger partial charge >= 0.3 is 5.69 Å². The lowest BCUT2D eigenvalue weighted by Crippen LogP contribution is -2.36. The number of fused-ring (bicyclic) bond motifs is 1. The number of hydrogen-bond donors (Lipinski definition) is 4. The van der Waals surface area contributed by atoms with Crippen LogP contribution in [0.15, 0.2) is 32.7 Å². The standard InChI is InChI=1S/C12H14N4O4S/c17-11-9-5-8(1-2-10(9)14-12(18)15-11)21(19,20)16-7-3-4-13-6-7/h1-2,5,7,13,16H,3-4,6H2,(H2,14,15,17,18). The Balaban J connectivity index is 2.04. The third-order valence-corrected chi connectivity index (χ3v) is 4.92. The van der Waals surface area contributed by atoms with Crippen LogP contribution in [-0.4, -0.2) is 37.5 Å². The Morgan fingerprint density at radius 3 is 2.71 bits per heavy atom. The average molecular weight is 310 g/mol. The van der Waals surface area contributed by atoms with E-state index < -0.39 is 21.3 Å². The van der Waals surface area contributed by atoms with Gasteiger partial charge in [0.1, 0.15) is 0 Å². The van der Waals surface area contributed by atoms with Crippen LogP contribution in [0.2, 0.25) is 0 Å². The van der Waals surface area contributed by atoms with Crippen LogP contribution in [0.3, 0.4) is 0 Å². The molecule has 1 saturated heterocycles. The number of rotatable bonds is 3. The van der Waals surface area contributed by atoms with Gasteiger partial charge in [-0.05, 0) is 31.2 Å². The van der Waals surface area contributed by atoms with Crippen LogP contribution in [0.1, 0.15) is 6.42 Å². The summed E-state index contributed by atoms with van der Waals surface area (Å²) < 4.78 is 27.2. The Hall–Kier alpha value is -1.97.